The average Bonchev–Trinajstić information content (AvgIpc) is 3.47. The highest BCUT2D eigenvalue weighted by atomic mass is 32.1. The van der Waals surface area contributed by atoms with E-state index in [2.05, 4.69) is 10.1 Å². The Labute approximate surface area is 183 Å². The fraction of sp³-hybridized carbons (Fsp3) is 0.0833. The molecule has 0 aliphatic heterocycles. The van der Waals surface area contributed by atoms with E-state index in [1.165, 1.54) is 0 Å². The molecule has 0 aliphatic rings. The van der Waals surface area contributed by atoms with E-state index in [-0.39, 0.29) is 0 Å². The maximum Gasteiger partial charge on any atom is 0.272 e. The molecular formula is C24H20N4O2S. The number of aromatic nitrogens is 2. The molecule has 0 unspecified atom stereocenters. The number of fused-ring (bicyclic) bond motifs is 1. The third kappa shape index (κ3) is 3.94. The van der Waals surface area contributed by atoms with Crippen LogP contribution in [0.25, 0.3) is 21.5 Å². The van der Waals surface area contributed by atoms with Gasteiger partial charge in [0.05, 0.1) is 6.17 Å². The first-order chi connectivity index (χ1) is 15.2. The quantitative estimate of drug-likeness (QED) is 0.368. The molecule has 0 saturated heterocycles. The van der Waals surface area contributed by atoms with E-state index in [4.69, 9.17) is 20.7 Å². The molecule has 0 bridgehead atoms. The molecular weight excluding hydrogens is 408 g/mol. The van der Waals surface area contributed by atoms with Gasteiger partial charge in [-0.05, 0) is 18.2 Å². The molecule has 7 heteroatoms. The molecule has 0 fully saturated rings. The lowest BCUT2D eigenvalue weighted by Gasteiger charge is -2.16. The van der Waals surface area contributed by atoms with Gasteiger partial charge in [0, 0.05) is 26.1 Å². The van der Waals surface area contributed by atoms with Crippen LogP contribution in [0.2, 0.25) is 0 Å². The lowest BCUT2D eigenvalue weighted by atomic mass is 10.1. The van der Waals surface area contributed by atoms with Gasteiger partial charge >= 0.3 is 0 Å². The van der Waals surface area contributed by atoms with Crippen LogP contribution in [0.3, 0.4) is 0 Å². The maximum absolute atomic E-state index is 6.47. The number of ether oxygens (including phenoxy) is 1. The summed E-state index contributed by atoms with van der Waals surface area (Å²) in [7, 11) is 0. The van der Waals surface area contributed by atoms with Crippen molar-refractivity contribution in [1.82, 2.24) is 10.1 Å². The Morgan fingerprint density at radius 1 is 0.871 bits per heavy atom. The smallest absolute Gasteiger partial charge is 0.272 e. The molecule has 0 radical (unpaired) electrons. The molecule has 0 saturated carbocycles. The van der Waals surface area contributed by atoms with Crippen molar-refractivity contribution in [2.45, 2.75) is 12.3 Å². The van der Waals surface area contributed by atoms with Crippen molar-refractivity contribution in [3.8, 4) is 17.1 Å². The van der Waals surface area contributed by atoms with Crippen LogP contribution in [0.15, 0.2) is 89.5 Å². The van der Waals surface area contributed by atoms with Crippen LogP contribution in [0.4, 0.5) is 0 Å². The molecule has 6 nitrogen and oxygen atoms in total. The summed E-state index contributed by atoms with van der Waals surface area (Å²) in [6.07, 6.45) is -1.09. The molecule has 1 atom stereocenters. The Morgan fingerprint density at radius 3 is 2.35 bits per heavy atom. The van der Waals surface area contributed by atoms with Crippen LogP contribution < -0.4 is 16.2 Å². The number of benzene rings is 3. The van der Waals surface area contributed by atoms with Gasteiger partial charge in [-0.2, -0.15) is 4.98 Å². The predicted octanol–water partition coefficient (Wildman–Crippen LogP) is 5.04. The molecule has 154 valence electrons. The Bertz CT molecular complexity index is 1300. The van der Waals surface area contributed by atoms with Crippen LogP contribution in [-0.4, -0.2) is 10.1 Å². The fourth-order valence-corrected chi connectivity index (χ4v) is 4.37. The second kappa shape index (κ2) is 8.31. The third-order valence-corrected chi connectivity index (χ3v) is 6.12. The Hall–Kier alpha value is -3.52. The first-order valence-corrected chi connectivity index (χ1v) is 10.6. The van der Waals surface area contributed by atoms with E-state index in [9.17, 15) is 0 Å². The fourth-order valence-electron chi connectivity index (χ4n) is 3.38. The number of nitrogens with two attached hydrogens (primary N) is 2. The molecule has 3 aromatic carbocycles. The van der Waals surface area contributed by atoms with Gasteiger partial charge in [0.15, 0.2) is 0 Å². The molecule has 2 heterocycles. The highest BCUT2D eigenvalue weighted by Crippen LogP contribution is 2.37. The number of hydrogen-bond acceptors (Lipinski definition) is 7. The molecule has 31 heavy (non-hydrogen) atoms. The van der Waals surface area contributed by atoms with Crippen LogP contribution in [0.5, 0.6) is 5.75 Å². The van der Waals surface area contributed by atoms with Gasteiger partial charge < -0.3 is 20.7 Å². The summed E-state index contributed by atoms with van der Waals surface area (Å²) in [5, 5.41) is 5.12. The Morgan fingerprint density at radius 2 is 1.61 bits per heavy atom. The normalized spacial score (nSPS) is 12.4. The van der Waals surface area contributed by atoms with Crippen molar-refractivity contribution >= 4 is 21.4 Å². The highest BCUT2D eigenvalue weighted by molar-refractivity contribution is 7.19. The number of nitrogens with zero attached hydrogens (tertiary/aromatic N) is 2. The first-order valence-electron chi connectivity index (χ1n) is 9.83. The minimum Gasteiger partial charge on any atom is -0.475 e. The Balaban J connectivity index is 1.56. The van der Waals surface area contributed by atoms with Gasteiger partial charge in [-0.25, -0.2) is 0 Å². The summed E-state index contributed by atoms with van der Waals surface area (Å²) < 4.78 is 13.2. The van der Waals surface area contributed by atoms with Crippen LogP contribution in [-0.2, 0) is 0 Å². The highest BCUT2D eigenvalue weighted by Gasteiger charge is 2.25. The minimum atomic E-state index is -0.563. The summed E-state index contributed by atoms with van der Waals surface area (Å²) in [5.74, 6) is 1.60. The summed E-state index contributed by atoms with van der Waals surface area (Å²) in [6, 6.07) is 27.4. The van der Waals surface area contributed by atoms with Crippen LogP contribution >= 0.6 is 11.3 Å². The zero-order valence-corrected chi connectivity index (χ0v) is 17.3. The van der Waals surface area contributed by atoms with E-state index in [1.807, 2.05) is 84.9 Å². The van der Waals surface area contributed by atoms with Crippen molar-refractivity contribution in [3.05, 3.63) is 101 Å². The van der Waals surface area contributed by atoms with E-state index < -0.39 is 12.3 Å². The van der Waals surface area contributed by atoms with Crippen molar-refractivity contribution in [2.75, 3.05) is 0 Å². The summed E-state index contributed by atoms with van der Waals surface area (Å²) in [6.45, 7) is 0. The monoisotopic (exact) mass is 428 g/mol. The maximum atomic E-state index is 6.47. The third-order valence-electron chi connectivity index (χ3n) is 4.91. The molecule has 0 spiro atoms. The van der Waals surface area contributed by atoms with Gasteiger partial charge in [-0.1, -0.05) is 71.9 Å². The zero-order valence-electron chi connectivity index (χ0n) is 16.5. The molecule has 4 N–H and O–H groups in total. The molecule has 0 amide bonds. The van der Waals surface area contributed by atoms with Crippen molar-refractivity contribution < 1.29 is 9.26 Å². The SMILES string of the molecule is NC(N)c1cc2c(O[C@H](c3ccccc3)c3nc(-c4ccccc4)no3)cccc2s1. The number of hydrogen-bond donors (Lipinski definition) is 2. The van der Waals surface area contributed by atoms with E-state index >= 15 is 0 Å². The molecule has 0 aliphatic carbocycles. The summed E-state index contributed by atoms with van der Waals surface area (Å²) >= 11 is 1.56. The number of thiophene rings is 1. The lowest BCUT2D eigenvalue weighted by Crippen LogP contribution is -2.18. The van der Waals surface area contributed by atoms with Gasteiger partial charge in [0.2, 0.25) is 11.9 Å². The summed E-state index contributed by atoms with van der Waals surface area (Å²) in [5.41, 5.74) is 13.6. The van der Waals surface area contributed by atoms with E-state index in [0.29, 0.717) is 17.5 Å². The van der Waals surface area contributed by atoms with Crippen molar-refractivity contribution in [1.29, 1.82) is 0 Å². The van der Waals surface area contributed by atoms with Crippen molar-refractivity contribution in [3.63, 3.8) is 0 Å². The largest absolute Gasteiger partial charge is 0.475 e. The Kier molecular flexibility index (Phi) is 5.21. The molecule has 5 rings (SSSR count). The van der Waals surface area contributed by atoms with Gasteiger partial charge in [-0.15, -0.1) is 11.3 Å². The predicted molar refractivity (Wildman–Crippen MR) is 122 cm³/mol. The second-order valence-electron chi connectivity index (χ2n) is 7.07. The van der Waals surface area contributed by atoms with Gasteiger partial charge in [-0.3, -0.25) is 0 Å². The van der Waals surface area contributed by atoms with Crippen LogP contribution in [0.1, 0.15) is 28.6 Å². The van der Waals surface area contributed by atoms with E-state index in [1.54, 1.807) is 11.3 Å². The molecule has 5 aromatic rings. The van der Waals surface area contributed by atoms with Crippen molar-refractivity contribution in [2.24, 2.45) is 11.5 Å². The topological polar surface area (TPSA) is 100 Å². The van der Waals surface area contributed by atoms with E-state index in [0.717, 1.165) is 26.1 Å². The minimum absolute atomic E-state index is 0.382. The number of rotatable bonds is 6. The summed E-state index contributed by atoms with van der Waals surface area (Å²) in [4.78, 5) is 5.52. The standard InChI is InChI=1S/C24H20N4O2S/c25-22(26)20-14-17-18(12-7-13-19(17)31-20)29-21(15-8-3-1-4-9-15)24-27-23(28-30-24)16-10-5-2-6-11-16/h1-14,21-22H,25-26H2/t21-/m1/s1. The second-order valence-corrected chi connectivity index (χ2v) is 8.19. The van der Waals surface area contributed by atoms with Gasteiger partial charge in [0.25, 0.3) is 5.89 Å². The molecule has 2 aromatic heterocycles. The zero-order chi connectivity index (χ0) is 21.2. The van der Waals surface area contributed by atoms with Gasteiger partial charge in [0.1, 0.15) is 5.75 Å². The van der Waals surface area contributed by atoms with Crippen LogP contribution in [0, 0.1) is 0 Å². The average molecular weight is 429 g/mol. The lowest BCUT2D eigenvalue weighted by molar-refractivity contribution is 0.195. The first kappa shape index (κ1) is 19.4.